The van der Waals surface area contributed by atoms with Gasteiger partial charge in [-0.05, 0) is 63.2 Å². The molecule has 7 heteroatoms. The van der Waals surface area contributed by atoms with E-state index in [4.69, 9.17) is 0 Å². The van der Waals surface area contributed by atoms with Gasteiger partial charge in [0, 0.05) is 11.3 Å². The topological polar surface area (TPSA) is 52.9 Å². The van der Waals surface area contributed by atoms with Gasteiger partial charge in [0.05, 0.1) is 16.9 Å². The van der Waals surface area contributed by atoms with Crippen molar-refractivity contribution in [2.45, 2.75) is 26.9 Å². The number of carbonyl (C=O) groups is 1. The lowest BCUT2D eigenvalue weighted by molar-refractivity contribution is -0.137. The van der Waals surface area contributed by atoms with Crippen LogP contribution in [0.5, 0.6) is 5.75 Å². The van der Waals surface area contributed by atoms with E-state index in [-0.39, 0.29) is 17.1 Å². The highest BCUT2D eigenvalue weighted by molar-refractivity contribution is 6.55. The summed E-state index contributed by atoms with van der Waals surface area (Å²) < 4.78 is 38.9. The number of halogens is 3. The third kappa shape index (κ3) is 5.23. The minimum absolute atomic E-state index is 0.00220. The summed E-state index contributed by atoms with van der Waals surface area (Å²) in [4.78, 5) is 18.7. The summed E-state index contributed by atoms with van der Waals surface area (Å²) in [5, 5.41) is 9.84. The van der Waals surface area contributed by atoms with E-state index in [0.717, 1.165) is 12.1 Å². The summed E-state index contributed by atoms with van der Waals surface area (Å²) in [5.41, 5.74) is 0.562. The molecule has 0 unspecified atom stereocenters. The molecule has 0 spiro atoms. The van der Waals surface area contributed by atoms with Gasteiger partial charge in [0.25, 0.3) is 5.91 Å². The molecule has 1 N–H and O–H groups in total. The molecular weight excluding hydrogens is 405 g/mol. The first kappa shape index (κ1) is 23.5. The van der Waals surface area contributed by atoms with Crippen LogP contribution in [0, 0.1) is 12.3 Å². The van der Waals surface area contributed by atoms with Crippen molar-refractivity contribution in [3.05, 3.63) is 77.5 Å². The number of aliphatic imine (C=N–C) groups is 1. The molecule has 1 aliphatic rings. The van der Waals surface area contributed by atoms with Crippen molar-refractivity contribution in [1.29, 1.82) is 0 Å². The Morgan fingerprint density at radius 2 is 1.87 bits per heavy atom. The number of amides is 1. The molecule has 1 aliphatic heterocycles. The number of phenols is 1. The average molecular weight is 426 g/mol. The number of aromatic hydroxyl groups is 1. The van der Waals surface area contributed by atoms with Gasteiger partial charge in [-0.25, -0.2) is 4.99 Å². The average Bonchev–Trinajstić information content (AvgIpc) is 2.97. The number of allylic oxidation sites excluding steroid dienone is 3. The van der Waals surface area contributed by atoms with E-state index < -0.39 is 17.6 Å². The first-order valence-electron chi connectivity index (χ1n) is 9.28. The molecule has 0 atom stereocenters. The molecule has 3 rings (SSSR count). The van der Waals surface area contributed by atoms with Crippen molar-refractivity contribution >= 4 is 23.0 Å². The summed E-state index contributed by atoms with van der Waals surface area (Å²) in [6.07, 6.45) is 5.33. The molecule has 31 heavy (non-hydrogen) atoms. The zero-order valence-corrected chi connectivity index (χ0v) is 17.2. The molecule has 0 saturated heterocycles. The number of carbonyl (C=O) groups excluding carboxylic acids is 1. The second-order valence-electron chi connectivity index (χ2n) is 6.35. The van der Waals surface area contributed by atoms with Crippen LogP contribution in [0.2, 0.25) is 0 Å². The number of phenolic OH excluding ortho intramolecular Hbond substituents is 1. The lowest BCUT2D eigenvalue weighted by atomic mass is 10.1. The number of nitrogens with zero attached hydrogens (tertiary/aromatic N) is 2. The maximum absolute atomic E-state index is 13.1. The highest BCUT2D eigenvalue weighted by Gasteiger charge is 2.36. The fraction of sp³-hybridized carbons (Fsp3) is 0.167. The third-order valence-corrected chi connectivity index (χ3v) is 4.19. The van der Waals surface area contributed by atoms with Crippen molar-refractivity contribution in [3.63, 3.8) is 0 Å². The van der Waals surface area contributed by atoms with Gasteiger partial charge in [0.15, 0.2) is 0 Å². The molecule has 1 amide bonds. The predicted molar refractivity (Wildman–Crippen MR) is 116 cm³/mol. The maximum Gasteiger partial charge on any atom is 0.416 e. The first-order chi connectivity index (χ1) is 14.7. The molecule has 4 nitrogen and oxygen atoms in total. The number of rotatable bonds is 3. The summed E-state index contributed by atoms with van der Waals surface area (Å²) in [6.45, 7) is 5.23. The minimum atomic E-state index is -4.51. The minimum Gasteiger partial charge on any atom is -0.508 e. The molecule has 2 aromatic carbocycles. The zero-order valence-electron chi connectivity index (χ0n) is 17.2. The van der Waals surface area contributed by atoms with Crippen LogP contribution in [-0.4, -0.2) is 16.7 Å². The van der Waals surface area contributed by atoms with Gasteiger partial charge in [-0.2, -0.15) is 13.2 Å². The van der Waals surface area contributed by atoms with E-state index >= 15 is 0 Å². The van der Waals surface area contributed by atoms with Crippen LogP contribution in [0.25, 0.3) is 0 Å². The second kappa shape index (κ2) is 9.81. The lowest BCUT2D eigenvalue weighted by Crippen LogP contribution is -2.28. The number of alkyl halides is 3. The van der Waals surface area contributed by atoms with Crippen LogP contribution in [0.1, 0.15) is 31.9 Å². The Labute approximate surface area is 179 Å². The monoisotopic (exact) mass is 426 g/mol. The van der Waals surface area contributed by atoms with E-state index in [1.54, 1.807) is 45.1 Å². The van der Waals surface area contributed by atoms with Crippen molar-refractivity contribution in [3.8, 4) is 18.1 Å². The Morgan fingerprint density at radius 1 is 1.19 bits per heavy atom. The van der Waals surface area contributed by atoms with Crippen molar-refractivity contribution in [2.75, 3.05) is 4.90 Å². The van der Waals surface area contributed by atoms with Crippen molar-refractivity contribution in [1.82, 2.24) is 0 Å². The van der Waals surface area contributed by atoms with Crippen LogP contribution in [0.15, 0.2) is 71.4 Å². The molecule has 0 radical (unpaired) electrons. The third-order valence-electron chi connectivity index (χ3n) is 4.19. The van der Waals surface area contributed by atoms with Gasteiger partial charge >= 0.3 is 6.18 Å². The molecule has 0 saturated carbocycles. The molecule has 0 fully saturated rings. The Bertz CT molecular complexity index is 1110. The Morgan fingerprint density at radius 3 is 2.45 bits per heavy atom. The van der Waals surface area contributed by atoms with Gasteiger partial charge in [0.1, 0.15) is 11.5 Å². The highest BCUT2D eigenvalue weighted by atomic mass is 19.4. The summed E-state index contributed by atoms with van der Waals surface area (Å²) in [7, 11) is 0. The standard InChI is InChI=1S/C21H17F3N2O2.C3H4/c1-3-6-15(4-2)26-18-10-9-16(27)12-17(18)19(20(26)28)25-14-8-5-7-13(11-14)21(22,23)24;1-3-2/h3-12,27H,1-2H3;1H,2H3/b6-3-,15-4+,25-19?;. The SMILES string of the molecule is C#CC.C/C=C\C(=C/C)N1C(=O)C(=Nc2cccc(C(F)(F)F)c2)c2cc(O)ccc21. The Kier molecular flexibility index (Phi) is 7.43. The maximum atomic E-state index is 13.1. The van der Waals surface area contributed by atoms with Crippen LogP contribution < -0.4 is 4.90 Å². The number of benzene rings is 2. The van der Waals surface area contributed by atoms with E-state index in [1.165, 1.54) is 29.2 Å². The van der Waals surface area contributed by atoms with Gasteiger partial charge in [-0.3, -0.25) is 9.69 Å². The molecule has 0 bridgehead atoms. The second-order valence-corrected chi connectivity index (χ2v) is 6.35. The first-order valence-corrected chi connectivity index (χ1v) is 9.28. The molecule has 1 heterocycles. The van der Waals surface area contributed by atoms with Crippen LogP contribution in [0.4, 0.5) is 24.5 Å². The highest BCUT2D eigenvalue weighted by Crippen LogP contribution is 2.37. The zero-order chi connectivity index (χ0) is 23.2. The van der Waals surface area contributed by atoms with Crippen LogP contribution in [0.3, 0.4) is 0 Å². The smallest absolute Gasteiger partial charge is 0.416 e. The summed E-state index contributed by atoms with van der Waals surface area (Å²) in [5.74, 6) is 1.70. The number of terminal acetylenes is 1. The fourth-order valence-corrected chi connectivity index (χ4v) is 2.96. The van der Waals surface area contributed by atoms with E-state index in [2.05, 4.69) is 17.3 Å². The fourth-order valence-electron chi connectivity index (χ4n) is 2.96. The van der Waals surface area contributed by atoms with Gasteiger partial charge in [0.2, 0.25) is 0 Å². The molecule has 0 aliphatic carbocycles. The lowest BCUT2D eigenvalue weighted by Gasteiger charge is -2.17. The molecule has 160 valence electrons. The van der Waals surface area contributed by atoms with E-state index in [9.17, 15) is 23.1 Å². The molecule has 2 aromatic rings. The van der Waals surface area contributed by atoms with Gasteiger partial charge in [-0.15, -0.1) is 12.3 Å². The van der Waals surface area contributed by atoms with Crippen molar-refractivity contribution < 1.29 is 23.1 Å². The van der Waals surface area contributed by atoms with E-state index in [0.29, 0.717) is 16.9 Å². The van der Waals surface area contributed by atoms with Crippen LogP contribution in [-0.2, 0) is 11.0 Å². The number of hydrogen-bond acceptors (Lipinski definition) is 3. The Balaban J connectivity index is 0.00000107. The molecular formula is C24H21F3N2O2. The number of fused-ring (bicyclic) bond motifs is 1. The van der Waals surface area contributed by atoms with E-state index in [1.807, 2.05) is 0 Å². The number of hydrogen-bond donors (Lipinski definition) is 1. The van der Waals surface area contributed by atoms with Gasteiger partial charge < -0.3 is 5.11 Å². The predicted octanol–water partition coefficient (Wildman–Crippen LogP) is 6.00. The van der Waals surface area contributed by atoms with Crippen LogP contribution >= 0.6 is 0 Å². The summed E-state index contributed by atoms with van der Waals surface area (Å²) >= 11 is 0. The number of anilines is 1. The summed E-state index contributed by atoms with van der Waals surface area (Å²) in [6, 6.07) is 8.84. The normalized spacial score (nSPS) is 15.0. The Hall–Kier alpha value is -3.79. The van der Waals surface area contributed by atoms with Crippen molar-refractivity contribution in [2.24, 2.45) is 4.99 Å². The molecule has 0 aromatic heterocycles. The quantitative estimate of drug-likeness (QED) is 0.484. The van der Waals surface area contributed by atoms with Gasteiger partial charge in [-0.1, -0.05) is 18.2 Å². The largest absolute Gasteiger partial charge is 0.508 e.